The average molecular weight is 198 g/mol. The zero-order valence-corrected chi connectivity index (χ0v) is 8.14. The Kier molecular flexibility index (Phi) is 2.09. The van der Waals surface area contributed by atoms with Crippen LogP contribution in [0.3, 0.4) is 0 Å². The summed E-state index contributed by atoms with van der Waals surface area (Å²) in [6.45, 7) is 2.37. The summed E-state index contributed by atoms with van der Waals surface area (Å²) in [5.74, 6) is -0.0475. The number of hydrogen-bond donors (Lipinski definition) is 1. The number of carbonyl (C=O) groups is 2. The van der Waals surface area contributed by atoms with Gasteiger partial charge in [-0.2, -0.15) is 0 Å². The van der Waals surface area contributed by atoms with Gasteiger partial charge >= 0.3 is 6.09 Å². The van der Waals surface area contributed by atoms with Gasteiger partial charge in [0.1, 0.15) is 6.54 Å². The summed E-state index contributed by atoms with van der Waals surface area (Å²) in [5.41, 5.74) is 0. The molecular weight excluding hydrogens is 184 g/mol. The SMILES string of the molecule is CC1CN(C(=O)O)CC(=O)N1C1CC1. The number of carboxylic acid groups (broad SMARTS) is 1. The van der Waals surface area contributed by atoms with Crippen molar-refractivity contribution in [1.29, 1.82) is 0 Å². The molecule has 1 unspecified atom stereocenters. The van der Waals surface area contributed by atoms with E-state index in [0.717, 1.165) is 12.8 Å². The lowest BCUT2D eigenvalue weighted by Crippen LogP contribution is -2.57. The first-order valence-electron chi connectivity index (χ1n) is 4.88. The minimum Gasteiger partial charge on any atom is -0.465 e. The van der Waals surface area contributed by atoms with E-state index in [1.807, 2.05) is 11.8 Å². The molecule has 2 aliphatic rings. The third kappa shape index (κ3) is 1.54. The Balaban J connectivity index is 2.05. The van der Waals surface area contributed by atoms with Gasteiger partial charge in [0.2, 0.25) is 5.91 Å². The van der Waals surface area contributed by atoms with E-state index in [1.165, 1.54) is 4.90 Å². The van der Waals surface area contributed by atoms with Crippen LogP contribution in [0.1, 0.15) is 19.8 Å². The highest BCUT2D eigenvalue weighted by Crippen LogP contribution is 2.30. The molecule has 1 aliphatic carbocycles. The predicted molar refractivity (Wildman–Crippen MR) is 48.9 cm³/mol. The summed E-state index contributed by atoms with van der Waals surface area (Å²) in [6.07, 6.45) is 1.15. The number of carbonyl (C=O) groups excluding carboxylic acids is 1. The van der Waals surface area contributed by atoms with Gasteiger partial charge < -0.3 is 10.0 Å². The summed E-state index contributed by atoms with van der Waals surface area (Å²) in [4.78, 5) is 25.3. The van der Waals surface area contributed by atoms with E-state index in [2.05, 4.69) is 0 Å². The van der Waals surface area contributed by atoms with Crippen LogP contribution in [0, 0.1) is 0 Å². The van der Waals surface area contributed by atoms with Crippen molar-refractivity contribution in [3.8, 4) is 0 Å². The van der Waals surface area contributed by atoms with E-state index in [-0.39, 0.29) is 18.5 Å². The summed E-state index contributed by atoms with van der Waals surface area (Å²) in [5, 5.41) is 8.77. The highest BCUT2D eigenvalue weighted by atomic mass is 16.4. The lowest BCUT2D eigenvalue weighted by molar-refractivity contribution is -0.139. The van der Waals surface area contributed by atoms with Gasteiger partial charge in [0, 0.05) is 18.6 Å². The monoisotopic (exact) mass is 198 g/mol. The Labute approximate surface area is 82.3 Å². The lowest BCUT2D eigenvalue weighted by atomic mass is 10.2. The van der Waals surface area contributed by atoms with Gasteiger partial charge in [-0.05, 0) is 19.8 Å². The molecule has 1 atom stereocenters. The summed E-state index contributed by atoms with van der Waals surface area (Å²) in [7, 11) is 0. The van der Waals surface area contributed by atoms with Crippen LogP contribution in [-0.2, 0) is 4.79 Å². The van der Waals surface area contributed by atoms with Gasteiger partial charge in [-0.25, -0.2) is 4.79 Å². The Morgan fingerprint density at radius 1 is 1.50 bits per heavy atom. The van der Waals surface area contributed by atoms with E-state index >= 15 is 0 Å². The molecule has 0 aromatic rings. The van der Waals surface area contributed by atoms with E-state index in [1.54, 1.807) is 0 Å². The van der Waals surface area contributed by atoms with Gasteiger partial charge in [0.15, 0.2) is 0 Å². The van der Waals surface area contributed by atoms with E-state index in [0.29, 0.717) is 12.6 Å². The smallest absolute Gasteiger partial charge is 0.407 e. The normalized spacial score (nSPS) is 28.1. The van der Waals surface area contributed by atoms with Crippen molar-refractivity contribution in [3.05, 3.63) is 0 Å². The van der Waals surface area contributed by atoms with Crippen LogP contribution in [0.5, 0.6) is 0 Å². The van der Waals surface area contributed by atoms with Crippen molar-refractivity contribution in [3.63, 3.8) is 0 Å². The minimum absolute atomic E-state index is 0.0240. The second-order valence-electron chi connectivity index (χ2n) is 4.04. The molecule has 2 rings (SSSR count). The van der Waals surface area contributed by atoms with Crippen molar-refractivity contribution in [2.75, 3.05) is 13.1 Å². The topological polar surface area (TPSA) is 60.9 Å². The summed E-state index contributed by atoms with van der Waals surface area (Å²) >= 11 is 0. The third-order valence-corrected chi connectivity index (χ3v) is 2.78. The predicted octanol–water partition coefficient (Wildman–Crippen LogP) is 0.359. The average Bonchev–Trinajstić information content (AvgIpc) is 2.86. The molecule has 0 radical (unpaired) electrons. The van der Waals surface area contributed by atoms with Gasteiger partial charge in [-0.3, -0.25) is 9.69 Å². The second-order valence-corrected chi connectivity index (χ2v) is 4.04. The molecule has 1 saturated carbocycles. The fourth-order valence-corrected chi connectivity index (χ4v) is 2.02. The van der Waals surface area contributed by atoms with Crippen LogP contribution in [0.2, 0.25) is 0 Å². The Bertz CT molecular complexity index is 275. The van der Waals surface area contributed by atoms with Crippen LogP contribution in [0.4, 0.5) is 4.79 Å². The number of amides is 2. The van der Waals surface area contributed by atoms with Crippen molar-refractivity contribution in [2.24, 2.45) is 0 Å². The third-order valence-electron chi connectivity index (χ3n) is 2.78. The Hall–Kier alpha value is -1.26. The Morgan fingerprint density at radius 3 is 2.57 bits per heavy atom. The molecule has 0 aromatic carbocycles. The fourth-order valence-electron chi connectivity index (χ4n) is 2.02. The first kappa shape index (κ1) is 9.30. The molecule has 2 fully saturated rings. The number of rotatable bonds is 1. The Morgan fingerprint density at radius 2 is 2.14 bits per heavy atom. The highest BCUT2D eigenvalue weighted by Gasteiger charge is 2.40. The molecule has 14 heavy (non-hydrogen) atoms. The zero-order chi connectivity index (χ0) is 10.3. The maximum Gasteiger partial charge on any atom is 0.407 e. The molecule has 1 aliphatic heterocycles. The molecule has 1 heterocycles. The van der Waals surface area contributed by atoms with E-state index in [4.69, 9.17) is 5.11 Å². The molecule has 0 spiro atoms. The molecule has 2 amide bonds. The maximum atomic E-state index is 11.6. The van der Waals surface area contributed by atoms with Crippen molar-refractivity contribution < 1.29 is 14.7 Å². The molecular formula is C9H14N2O3. The van der Waals surface area contributed by atoms with Crippen LogP contribution < -0.4 is 0 Å². The molecule has 0 bridgehead atoms. The fraction of sp³-hybridized carbons (Fsp3) is 0.778. The van der Waals surface area contributed by atoms with Gasteiger partial charge in [0.25, 0.3) is 0 Å². The maximum absolute atomic E-state index is 11.6. The molecule has 1 N–H and O–H groups in total. The zero-order valence-electron chi connectivity index (χ0n) is 8.14. The van der Waals surface area contributed by atoms with Crippen LogP contribution >= 0.6 is 0 Å². The number of nitrogens with zero attached hydrogens (tertiary/aromatic N) is 2. The first-order chi connectivity index (χ1) is 6.59. The number of hydrogen-bond acceptors (Lipinski definition) is 2. The highest BCUT2D eigenvalue weighted by molar-refractivity contribution is 5.84. The van der Waals surface area contributed by atoms with Crippen molar-refractivity contribution in [2.45, 2.75) is 31.8 Å². The van der Waals surface area contributed by atoms with E-state index in [9.17, 15) is 9.59 Å². The minimum atomic E-state index is -0.999. The van der Waals surface area contributed by atoms with Crippen LogP contribution in [0.25, 0.3) is 0 Å². The molecule has 1 saturated heterocycles. The molecule has 5 heteroatoms. The van der Waals surface area contributed by atoms with Crippen molar-refractivity contribution in [1.82, 2.24) is 9.80 Å². The summed E-state index contributed by atoms with van der Waals surface area (Å²) < 4.78 is 0. The molecule has 0 aromatic heterocycles. The van der Waals surface area contributed by atoms with Gasteiger partial charge in [0.05, 0.1) is 0 Å². The quantitative estimate of drug-likeness (QED) is 0.661. The van der Waals surface area contributed by atoms with Gasteiger partial charge in [-0.1, -0.05) is 0 Å². The summed E-state index contributed by atoms with van der Waals surface area (Å²) in [6, 6.07) is 0.410. The van der Waals surface area contributed by atoms with Gasteiger partial charge in [-0.15, -0.1) is 0 Å². The standard InChI is InChI=1S/C9H14N2O3/c1-6-4-10(9(13)14)5-8(12)11(6)7-2-3-7/h6-7H,2-5H2,1H3,(H,13,14). The largest absolute Gasteiger partial charge is 0.465 e. The van der Waals surface area contributed by atoms with Crippen LogP contribution in [-0.4, -0.2) is 52.1 Å². The lowest BCUT2D eigenvalue weighted by Gasteiger charge is -2.38. The van der Waals surface area contributed by atoms with E-state index < -0.39 is 6.09 Å². The van der Waals surface area contributed by atoms with Crippen LogP contribution in [0.15, 0.2) is 0 Å². The number of piperazine rings is 1. The van der Waals surface area contributed by atoms with Crippen molar-refractivity contribution >= 4 is 12.0 Å². The molecule has 78 valence electrons. The molecule has 5 nitrogen and oxygen atoms in total. The second kappa shape index (κ2) is 3.15. The first-order valence-corrected chi connectivity index (χ1v) is 4.88.